The number of fused-ring (bicyclic) bond motifs is 1. The van der Waals surface area contributed by atoms with Gasteiger partial charge in [-0.3, -0.25) is 14.7 Å². The predicted molar refractivity (Wildman–Crippen MR) is 112 cm³/mol. The van der Waals surface area contributed by atoms with Crippen LogP contribution in [0.25, 0.3) is 22.4 Å². The number of hydrogen-bond acceptors (Lipinski definition) is 5. The zero-order valence-corrected chi connectivity index (χ0v) is 17.1. The second kappa shape index (κ2) is 7.19. The normalized spacial score (nSPS) is 19.5. The molecule has 1 N–H and O–H groups in total. The number of amides is 2. The molecule has 154 valence electrons. The average molecular weight is 404 g/mol. The molecule has 2 fully saturated rings. The first-order valence-corrected chi connectivity index (χ1v) is 10.4. The summed E-state index contributed by atoms with van der Waals surface area (Å²) in [5, 5.41) is 7.00. The number of aromatic amines is 1. The minimum Gasteiger partial charge on any atom is -0.342 e. The number of piperazine rings is 1. The lowest BCUT2D eigenvalue weighted by atomic mass is 10.0. The molecule has 1 saturated carbocycles. The summed E-state index contributed by atoms with van der Waals surface area (Å²) >= 11 is 0. The Labute approximate surface area is 174 Å². The van der Waals surface area contributed by atoms with Crippen LogP contribution in [0.2, 0.25) is 0 Å². The van der Waals surface area contributed by atoms with E-state index in [9.17, 15) is 9.59 Å². The van der Waals surface area contributed by atoms with E-state index in [1.54, 1.807) is 22.1 Å². The Morgan fingerprint density at radius 1 is 1.27 bits per heavy atom. The number of aryl methyl sites for hydroxylation is 1. The fraction of sp³-hybridized carbons (Fsp3) is 0.409. The molecule has 5 rings (SSSR count). The zero-order chi connectivity index (χ0) is 20.8. The smallest absolute Gasteiger partial charge is 0.254 e. The third-order valence-corrected chi connectivity index (χ3v) is 6.07. The second-order valence-electron chi connectivity index (χ2n) is 8.31. The van der Waals surface area contributed by atoms with Crippen molar-refractivity contribution in [2.24, 2.45) is 5.92 Å². The molecule has 0 bridgehead atoms. The lowest BCUT2D eigenvalue weighted by Crippen LogP contribution is -2.57. The van der Waals surface area contributed by atoms with Crippen molar-refractivity contribution in [3.05, 3.63) is 41.7 Å². The molecule has 0 spiro atoms. The third kappa shape index (κ3) is 3.32. The van der Waals surface area contributed by atoms with Crippen molar-refractivity contribution in [1.82, 2.24) is 30.0 Å². The van der Waals surface area contributed by atoms with Gasteiger partial charge in [-0.25, -0.2) is 9.97 Å². The van der Waals surface area contributed by atoms with E-state index < -0.39 is 0 Å². The lowest BCUT2D eigenvalue weighted by Gasteiger charge is -2.39. The van der Waals surface area contributed by atoms with E-state index in [1.807, 2.05) is 32.2 Å². The highest BCUT2D eigenvalue weighted by Crippen LogP contribution is 2.36. The van der Waals surface area contributed by atoms with Gasteiger partial charge in [0.25, 0.3) is 5.91 Å². The van der Waals surface area contributed by atoms with Gasteiger partial charge in [-0.2, -0.15) is 5.10 Å². The van der Waals surface area contributed by atoms with E-state index in [4.69, 9.17) is 0 Å². The monoisotopic (exact) mass is 404 g/mol. The van der Waals surface area contributed by atoms with Crippen molar-refractivity contribution < 1.29 is 9.59 Å². The lowest BCUT2D eigenvalue weighted by molar-refractivity contribution is -0.139. The van der Waals surface area contributed by atoms with Crippen LogP contribution < -0.4 is 0 Å². The van der Waals surface area contributed by atoms with E-state index in [0.717, 1.165) is 36.0 Å². The maximum Gasteiger partial charge on any atom is 0.254 e. The predicted octanol–water partition coefficient (Wildman–Crippen LogP) is 2.41. The number of likely N-dealkylation sites (N-methyl/N-ethyl adjacent to an activating group) is 1. The fourth-order valence-corrected chi connectivity index (χ4v) is 4.07. The minimum absolute atomic E-state index is 0.0457. The van der Waals surface area contributed by atoms with Gasteiger partial charge in [0, 0.05) is 31.3 Å². The van der Waals surface area contributed by atoms with Gasteiger partial charge in [0.2, 0.25) is 5.91 Å². The highest BCUT2D eigenvalue weighted by atomic mass is 16.2. The molecule has 1 saturated heterocycles. The number of carbonyl (C=O) groups excluding carboxylic acids is 2. The van der Waals surface area contributed by atoms with Crippen LogP contribution in [-0.4, -0.2) is 68.0 Å². The third-order valence-electron chi connectivity index (χ3n) is 6.07. The van der Waals surface area contributed by atoms with Crippen LogP contribution in [0, 0.1) is 12.8 Å². The molecule has 30 heavy (non-hydrogen) atoms. The summed E-state index contributed by atoms with van der Waals surface area (Å²) in [6, 6.07) is 7.04. The van der Waals surface area contributed by atoms with Crippen molar-refractivity contribution in [3.8, 4) is 11.3 Å². The molecule has 3 heterocycles. The summed E-state index contributed by atoms with van der Waals surface area (Å²) < 4.78 is 0. The molecule has 1 aromatic carbocycles. The topological polar surface area (TPSA) is 95.1 Å². The Morgan fingerprint density at radius 3 is 2.90 bits per heavy atom. The van der Waals surface area contributed by atoms with Crippen molar-refractivity contribution >= 4 is 23.0 Å². The number of benzene rings is 1. The Kier molecular flexibility index (Phi) is 4.49. The summed E-state index contributed by atoms with van der Waals surface area (Å²) in [5.41, 5.74) is 4.21. The van der Waals surface area contributed by atoms with E-state index in [2.05, 4.69) is 20.2 Å². The van der Waals surface area contributed by atoms with E-state index in [0.29, 0.717) is 35.9 Å². The van der Waals surface area contributed by atoms with Crippen molar-refractivity contribution in [2.45, 2.75) is 32.2 Å². The number of aromatic nitrogens is 4. The van der Waals surface area contributed by atoms with Gasteiger partial charge in [-0.1, -0.05) is 25.0 Å². The first-order chi connectivity index (χ1) is 14.5. The molecular formula is C22H24N6O2. The van der Waals surface area contributed by atoms with Crippen LogP contribution >= 0.6 is 0 Å². The molecule has 2 aromatic heterocycles. The summed E-state index contributed by atoms with van der Waals surface area (Å²) in [5.74, 6) is 0.508. The van der Waals surface area contributed by atoms with E-state index >= 15 is 0 Å². The molecule has 0 radical (unpaired) electrons. The van der Waals surface area contributed by atoms with Crippen LogP contribution in [0.5, 0.6) is 0 Å². The van der Waals surface area contributed by atoms with Gasteiger partial charge in [0.15, 0.2) is 5.65 Å². The molecule has 8 nitrogen and oxygen atoms in total. The van der Waals surface area contributed by atoms with Gasteiger partial charge < -0.3 is 9.80 Å². The number of nitrogens with zero attached hydrogens (tertiary/aromatic N) is 5. The second-order valence-corrected chi connectivity index (χ2v) is 8.31. The Morgan fingerprint density at radius 2 is 2.10 bits per heavy atom. The fourth-order valence-electron chi connectivity index (χ4n) is 4.07. The van der Waals surface area contributed by atoms with Crippen LogP contribution in [0.1, 0.15) is 35.3 Å². The number of rotatable bonds is 4. The first kappa shape index (κ1) is 18.7. The van der Waals surface area contributed by atoms with Crippen molar-refractivity contribution in [1.29, 1.82) is 0 Å². The standard InChI is InChI=1S/C22H24N6O2/c1-13-19-20(26-25-13)23-12-17(24-19)15-4-3-5-16(11-15)21(29)28-9-8-27(2)22(30)18(28)10-14-6-7-14/h3-5,11-12,14,18H,6-10H2,1-2H3,(H,23,25,26). The molecule has 1 unspecified atom stereocenters. The Balaban J connectivity index is 1.45. The molecule has 1 atom stereocenters. The summed E-state index contributed by atoms with van der Waals surface area (Å²) in [7, 11) is 1.82. The van der Waals surface area contributed by atoms with Crippen molar-refractivity contribution in [3.63, 3.8) is 0 Å². The highest BCUT2D eigenvalue weighted by Gasteiger charge is 2.39. The molecular weight excluding hydrogens is 380 g/mol. The van der Waals surface area contributed by atoms with E-state index in [1.165, 1.54) is 0 Å². The van der Waals surface area contributed by atoms with Gasteiger partial charge in [0.05, 0.1) is 17.6 Å². The maximum absolute atomic E-state index is 13.4. The summed E-state index contributed by atoms with van der Waals surface area (Å²) in [4.78, 5) is 38.7. The molecule has 2 aliphatic rings. The minimum atomic E-state index is -0.364. The number of nitrogens with one attached hydrogen (secondary N) is 1. The van der Waals surface area contributed by atoms with Crippen LogP contribution in [0.3, 0.4) is 0 Å². The van der Waals surface area contributed by atoms with Gasteiger partial charge in [-0.05, 0) is 31.4 Å². The Bertz CT molecular complexity index is 1140. The van der Waals surface area contributed by atoms with E-state index in [-0.39, 0.29) is 17.9 Å². The molecule has 8 heteroatoms. The zero-order valence-electron chi connectivity index (χ0n) is 17.1. The number of hydrogen-bond donors (Lipinski definition) is 1. The Hall–Kier alpha value is -3.29. The molecule has 2 amide bonds. The quantitative estimate of drug-likeness (QED) is 0.721. The van der Waals surface area contributed by atoms with Gasteiger partial charge >= 0.3 is 0 Å². The average Bonchev–Trinajstić information content (AvgIpc) is 3.52. The van der Waals surface area contributed by atoms with Crippen molar-refractivity contribution in [2.75, 3.05) is 20.1 Å². The highest BCUT2D eigenvalue weighted by molar-refractivity contribution is 5.99. The summed E-state index contributed by atoms with van der Waals surface area (Å²) in [6.45, 7) is 3.02. The van der Waals surface area contributed by atoms with Crippen LogP contribution in [0.15, 0.2) is 30.5 Å². The molecule has 3 aromatic rings. The van der Waals surface area contributed by atoms with Crippen LogP contribution in [-0.2, 0) is 4.79 Å². The number of H-pyrrole nitrogens is 1. The van der Waals surface area contributed by atoms with Crippen LogP contribution in [0.4, 0.5) is 0 Å². The SMILES string of the molecule is Cc1[nH]nc2ncc(-c3cccc(C(=O)N4CCN(C)C(=O)C4CC4CC4)c3)nc12. The number of carbonyl (C=O) groups is 2. The van der Waals surface area contributed by atoms with Gasteiger partial charge in [0.1, 0.15) is 11.6 Å². The largest absolute Gasteiger partial charge is 0.342 e. The van der Waals surface area contributed by atoms with Gasteiger partial charge in [-0.15, -0.1) is 0 Å². The maximum atomic E-state index is 13.4. The molecule has 1 aliphatic carbocycles. The summed E-state index contributed by atoms with van der Waals surface area (Å²) in [6.07, 6.45) is 4.73. The molecule has 1 aliphatic heterocycles. The first-order valence-electron chi connectivity index (χ1n) is 10.4.